The fraction of sp³-hybridized carbons (Fsp3) is 0.375. The molecule has 2 N–H and O–H groups in total. The maximum Gasteiger partial charge on any atom is 0.273 e. The van der Waals surface area contributed by atoms with Crippen LogP contribution in [0.4, 0.5) is 14.6 Å². The van der Waals surface area contributed by atoms with Crippen LogP contribution in [0.25, 0.3) is 0 Å². The van der Waals surface area contributed by atoms with Crippen LogP contribution in [0, 0.1) is 0 Å². The Morgan fingerprint density at radius 2 is 2.25 bits per heavy atom. The number of pyridine rings is 1. The molecule has 0 aromatic carbocycles. The second-order valence-electron chi connectivity index (χ2n) is 2.53. The van der Waals surface area contributed by atoms with Crippen molar-refractivity contribution in [3.8, 4) is 0 Å². The lowest BCUT2D eigenvalue weighted by molar-refractivity contribution is -0.00830. The predicted molar refractivity (Wildman–Crippen MR) is 42.8 cm³/mol. The molecule has 0 amide bonds. The van der Waals surface area contributed by atoms with Gasteiger partial charge in [0.2, 0.25) is 0 Å². The average Bonchev–Trinajstić information content (AvgIpc) is 2.05. The number of nitrogens with zero attached hydrogens (tertiary/aromatic N) is 1. The summed E-state index contributed by atoms with van der Waals surface area (Å²) in [6.45, 7) is 1.43. The zero-order valence-electron chi connectivity index (χ0n) is 6.72. The molecule has 4 heteroatoms. The van der Waals surface area contributed by atoms with E-state index in [9.17, 15) is 8.78 Å². The number of nitrogens with two attached hydrogens (primary N) is 1. The maximum absolute atomic E-state index is 13.0. The van der Waals surface area contributed by atoms with E-state index in [4.69, 9.17) is 5.73 Å². The number of halogens is 2. The van der Waals surface area contributed by atoms with Crippen molar-refractivity contribution in [2.75, 3.05) is 5.73 Å². The van der Waals surface area contributed by atoms with E-state index in [1.165, 1.54) is 25.3 Å². The van der Waals surface area contributed by atoms with E-state index in [2.05, 4.69) is 4.98 Å². The third kappa shape index (κ3) is 1.69. The molecule has 0 saturated carbocycles. The molecule has 0 fully saturated rings. The summed E-state index contributed by atoms with van der Waals surface area (Å²) in [6.07, 6.45) is 1.06. The number of rotatable bonds is 2. The minimum Gasteiger partial charge on any atom is -0.384 e. The lowest BCUT2D eigenvalue weighted by Crippen LogP contribution is -2.11. The molecule has 1 rings (SSSR count). The first-order valence-corrected chi connectivity index (χ1v) is 3.66. The van der Waals surface area contributed by atoms with Gasteiger partial charge in [0, 0.05) is 18.2 Å². The lowest BCUT2D eigenvalue weighted by Gasteiger charge is -2.13. The largest absolute Gasteiger partial charge is 0.384 e. The number of alkyl halides is 2. The molecule has 0 aliphatic carbocycles. The number of nitrogen functional groups attached to an aromatic ring is 1. The predicted octanol–water partition coefficient (Wildman–Crippen LogP) is 2.17. The molecule has 0 saturated heterocycles. The highest BCUT2D eigenvalue weighted by atomic mass is 19.3. The number of hydrogen-bond acceptors (Lipinski definition) is 2. The Morgan fingerprint density at radius 1 is 1.58 bits per heavy atom. The van der Waals surface area contributed by atoms with Crippen molar-refractivity contribution in [3.05, 3.63) is 23.9 Å². The van der Waals surface area contributed by atoms with Crippen molar-refractivity contribution in [3.63, 3.8) is 0 Å². The van der Waals surface area contributed by atoms with Crippen LogP contribution in [0.1, 0.15) is 18.9 Å². The molecule has 0 aliphatic heterocycles. The van der Waals surface area contributed by atoms with Crippen molar-refractivity contribution >= 4 is 5.82 Å². The van der Waals surface area contributed by atoms with Crippen LogP contribution >= 0.6 is 0 Å². The molecule has 2 nitrogen and oxygen atoms in total. The van der Waals surface area contributed by atoms with Gasteiger partial charge >= 0.3 is 0 Å². The van der Waals surface area contributed by atoms with E-state index in [-0.39, 0.29) is 17.8 Å². The van der Waals surface area contributed by atoms with Crippen LogP contribution in [0.3, 0.4) is 0 Å². The van der Waals surface area contributed by atoms with Gasteiger partial charge in [0.1, 0.15) is 5.82 Å². The van der Waals surface area contributed by atoms with E-state index in [0.29, 0.717) is 0 Å². The van der Waals surface area contributed by atoms with Gasteiger partial charge in [-0.25, -0.2) is 13.8 Å². The van der Waals surface area contributed by atoms with Gasteiger partial charge in [-0.15, -0.1) is 0 Å². The molecule has 0 spiro atoms. The van der Waals surface area contributed by atoms with Crippen LogP contribution in [0.2, 0.25) is 0 Å². The Bertz CT molecular complexity index is 274. The van der Waals surface area contributed by atoms with Gasteiger partial charge in [0.25, 0.3) is 5.92 Å². The molecule has 0 unspecified atom stereocenters. The standard InChI is InChI=1S/C8H10F2N2/c1-2-8(9,10)6-3-4-12-7(11)5-6/h3-5H,2H2,1H3,(H2,11,12). The highest BCUT2D eigenvalue weighted by Gasteiger charge is 2.28. The molecule has 0 atom stereocenters. The van der Waals surface area contributed by atoms with E-state index in [1.54, 1.807) is 0 Å². The molecule has 66 valence electrons. The highest BCUT2D eigenvalue weighted by Crippen LogP contribution is 2.31. The fourth-order valence-corrected chi connectivity index (χ4v) is 0.880. The summed E-state index contributed by atoms with van der Waals surface area (Å²) in [7, 11) is 0. The van der Waals surface area contributed by atoms with E-state index < -0.39 is 5.92 Å². The van der Waals surface area contributed by atoms with E-state index in [0.717, 1.165) is 0 Å². The van der Waals surface area contributed by atoms with E-state index in [1.807, 2.05) is 0 Å². The molecule has 0 bridgehead atoms. The van der Waals surface area contributed by atoms with Crippen LogP contribution in [-0.2, 0) is 5.92 Å². The normalized spacial score (nSPS) is 11.6. The Balaban J connectivity index is 3.03. The van der Waals surface area contributed by atoms with Crippen LogP contribution < -0.4 is 5.73 Å². The average molecular weight is 172 g/mol. The summed E-state index contributed by atoms with van der Waals surface area (Å²) in [5.41, 5.74) is 5.19. The minimum atomic E-state index is -2.79. The quantitative estimate of drug-likeness (QED) is 0.742. The Hall–Kier alpha value is -1.19. The number of aromatic nitrogens is 1. The molecule has 1 heterocycles. The monoisotopic (exact) mass is 172 g/mol. The first-order chi connectivity index (χ1) is 5.56. The van der Waals surface area contributed by atoms with Gasteiger partial charge in [-0.05, 0) is 12.1 Å². The fourth-order valence-electron chi connectivity index (χ4n) is 0.880. The smallest absolute Gasteiger partial charge is 0.273 e. The highest BCUT2D eigenvalue weighted by molar-refractivity contribution is 5.33. The van der Waals surface area contributed by atoms with Crippen LogP contribution in [0.15, 0.2) is 18.3 Å². The summed E-state index contributed by atoms with van der Waals surface area (Å²) in [5.74, 6) is -2.67. The SMILES string of the molecule is CCC(F)(F)c1ccnc(N)c1. The van der Waals surface area contributed by atoms with Crippen LogP contribution in [-0.4, -0.2) is 4.98 Å². The lowest BCUT2D eigenvalue weighted by atomic mass is 10.1. The van der Waals surface area contributed by atoms with Crippen molar-refractivity contribution in [2.24, 2.45) is 0 Å². The van der Waals surface area contributed by atoms with E-state index >= 15 is 0 Å². The van der Waals surface area contributed by atoms with Gasteiger partial charge in [-0.2, -0.15) is 0 Å². The summed E-state index contributed by atoms with van der Waals surface area (Å²) in [6, 6.07) is 2.48. The zero-order chi connectivity index (χ0) is 9.19. The maximum atomic E-state index is 13.0. The molecule has 0 aliphatic rings. The summed E-state index contributed by atoms with van der Waals surface area (Å²) in [4.78, 5) is 3.63. The van der Waals surface area contributed by atoms with Gasteiger partial charge in [0.05, 0.1) is 0 Å². The Morgan fingerprint density at radius 3 is 2.75 bits per heavy atom. The summed E-state index contributed by atoms with van der Waals surface area (Å²) in [5, 5.41) is 0. The second kappa shape index (κ2) is 3.05. The van der Waals surface area contributed by atoms with Gasteiger partial charge in [-0.1, -0.05) is 6.92 Å². The third-order valence-corrected chi connectivity index (χ3v) is 1.65. The summed E-state index contributed by atoms with van der Waals surface area (Å²) < 4.78 is 26.0. The van der Waals surface area contributed by atoms with Crippen molar-refractivity contribution in [1.29, 1.82) is 0 Å². The van der Waals surface area contributed by atoms with Crippen LogP contribution in [0.5, 0.6) is 0 Å². The van der Waals surface area contributed by atoms with Crippen molar-refractivity contribution < 1.29 is 8.78 Å². The number of hydrogen-bond donors (Lipinski definition) is 1. The molecular formula is C8H10F2N2. The number of anilines is 1. The molecule has 12 heavy (non-hydrogen) atoms. The van der Waals surface area contributed by atoms with Gasteiger partial charge in [0.15, 0.2) is 0 Å². The van der Waals surface area contributed by atoms with Gasteiger partial charge < -0.3 is 5.73 Å². The molecule has 1 aromatic rings. The Labute approximate surface area is 69.4 Å². The topological polar surface area (TPSA) is 38.9 Å². The first-order valence-electron chi connectivity index (χ1n) is 3.66. The Kier molecular flexibility index (Phi) is 2.26. The third-order valence-electron chi connectivity index (χ3n) is 1.65. The molecular weight excluding hydrogens is 162 g/mol. The molecule has 1 aromatic heterocycles. The summed E-state index contributed by atoms with van der Waals surface area (Å²) >= 11 is 0. The molecule has 0 radical (unpaired) electrons. The first kappa shape index (κ1) is 8.90. The van der Waals surface area contributed by atoms with Crippen molar-refractivity contribution in [1.82, 2.24) is 4.98 Å². The minimum absolute atomic E-state index is 0.0718. The van der Waals surface area contributed by atoms with Gasteiger partial charge in [-0.3, -0.25) is 0 Å². The second-order valence-corrected chi connectivity index (χ2v) is 2.53. The zero-order valence-corrected chi connectivity index (χ0v) is 6.72. The van der Waals surface area contributed by atoms with Crippen molar-refractivity contribution in [2.45, 2.75) is 19.3 Å².